The fraction of sp³-hybridized carbons (Fsp3) is 0.476. The Morgan fingerprint density at radius 1 is 1.07 bits per heavy atom. The summed E-state index contributed by atoms with van der Waals surface area (Å²) in [6, 6.07) is 4.16. The van der Waals surface area contributed by atoms with Crippen LogP contribution >= 0.6 is 0 Å². The van der Waals surface area contributed by atoms with Gasteiger partial charge in [0.1, 0.15) is 0 Å². The normalized spacial score (nSPS) is 17.0. The van der Waals surface area contributed by atoms with E-state index in [1.807, 2.05) is 24.9 Å². The lowest BCUT2D eigenvalue weighted by atomic mass is 9.97. The predicted octanol–water partition coefficient (Wildman–Crippen LogP) is 2.44. The Morgan fingerprint density at radius 3 is 2.48 bits per heavy atom. The summed E-state index contributed by atoms with van der Waals surface area (Å²) in [6.45, 7) is 10.4. The molecule has 1 amide bonds. The predicted molar refractivity (Wildman–Crippen MR) is 104 cm³/mol. The number of benzene rings is 1. The molecule has 6 nitrogen and oxygen atoms in total. The lowest BCUT2D eigenvalue weighted by Crippen LogP contribution is -2.39. The van der Waals surface area contributed by atoms with Crippen molar-refractivity contribution in [3.63, 3.8) is 0 Å². The summed E-state index contributed by atoms with van der Waals surface area (Å²) in [4.78, 5) is 26.6. The molecule has 1 aromatic heterocycles. The maximum absolute atomic E-state index is 13.2. The molecular formula is C21H26N4O2. The van der Waals surface area contributed by atoms with Crippen molar-refractivity contribution in [3.05, 3.63) is 51.8 Å². The topological polar surface area (TPSA) is 58.6 Å². The molecule has 0 saturated carbocycles. The molecule has 1 fully saturated rings. The first-order valence-electron chi connectivity index (χ1n) is 9.57. The van der Waals surface area contributed by atoms with Crippen molar-refractivity contribution in [3.8, 4) is 0 Å². The lowest BCUT2D eigenvalue weighted by molar-refractivity contribution is 0.0730. The number of hydrogen-bond acceptors (Lipinski definition) is 5. The van der Waals surface area contributed by atoms with E-state index in [1.54, 1.807) is 0 Å². The average molecular weight is 366 g/mol. The van der Waals surface area contributed by atoms with E-state index in [9.17, 15) is 4.79 Å². The minimum Gasteiger partial charge on any atom is -0.378 e. The van der Waals surface area contributed by atoms with Crippen LogP contribution in [0.1, 0.15) is 38.3 Å². The van der Waals surface area contributed by atoms with Gasteiger partial charge in [0.2, 0.25) is 5.95 Å². The highest BCUT2D eigenvalue weighted by atomic mass is 16.5. The summed E-state index contributed by atoms with van der Waals surface area (Å²) in [5, 5.41) is 0. The molecule has 0 atom stereocenters. The first kappa shape index (κ1) is 17.9. The van der Waals surface area contributed by atoms with Crippen LogP contribution in [-0.4, -0.2) is 53.6 Å². The van der Waals surface area contributed by atoms with Crippen LogP contribution in [0.5, 0.6) is 0 Å². The van der Waals surface area contributed by atoms with E-state index in [0.29, 0.717) is 26.3 Å². The number of ether oxygens (including phenoxy) is 1. The highest BCUT2D eigenvalue weighted by Crippen LogP contribution is 2.24. The molecule has 0 radical (unpaired) electrons. The van der Waals surface area contributed by atoms with Gasteiger partial charge in [-0.25, -0.2) is 9.97 Å². The fourth-order valence-electron chi connectivity index (χ4n) is 4.06. The van der Waals surface area contributed by atoms with Gasteiger partial charge in [0.05, 0.1) is 25.5 Å². The maximum Gasteiger partial charge on any atom is 0.254 e. The van der Waals surface area contributed by atoms with Crippen molar-refractivity contribution in [1.29, 1.82) is 0 Å². The van der Waals surface area contributed by atoms with Crippen LogP contribution in [0.4, 0.5) is 5.95 Å². The van der Waals surface area contributed by atoms with Gasteiger partial charge in [-0.05, 0) is 43.9 Å². The summed E-state index contributed by atoms with van der Waals surface area (Å²) < 4.78 is 5.41. The van der Waals surface area contributed by atoms with Crippen molar-refractivity contribution < 1.29 is 9.53 Å². The number of carbonyl (C=O) groups is 1. The van der Waals surface area contributed by atoms with Gasteiger partial charge in [0, 0.05) is 31.4 Å². The second-order valence-corrected chi connectivity index (χ2v) is 7.49. The molecule has 142 valence electrons. The second-order valence-electron chi connectivity index (χ2n) is 7.49. The monoisotopic (exact) mass is 366 g/mol. The molecule has 0 unspecified atom stereocenters. The molecule has 1 aromatic carbocycles. The van der Waals surface area contributed by atoms with E-state index in [-0.39, 0.29) is 5.91 Å². The number of aryl methyl sites for hydroxylation is 3. The van der Waals surface area contributed by atoms with Crippen molar-refractivity contribution >= 4 is 11.9 Å². The maximum atomic E-state index is 13.2. The number of morpholine rings is 1. The molecule has 2 aliphatic rings. The van der Waals surface area contributed by atoms with Crippen LogP contribution in [0.25, 0.3) is 0 Å². The van der Waals surface area contributed by atoms with E-state index in [4.69, 9.17) is 9.72 Å². The molecule has 0 bridgehead atoms. The molecular weight excluding hydrogens is 340 g/mol. The largest absolute Gasteiger partial charge is 0.378 e. The van der Waals surface area contributed by atoms with Gasteiger partial charge < -0.3 is 14.5 Å². The molecule has 2 aliphatic heterocycles. The Kier molecular flexibility index (Phi) is 4.83. The van der Waals surface area contributed by atoms with Gasteiger partial charge >= 0.3 is 0 Å². The van der Waals surface area contributed by atoms with Gasteiger partial charge in [-0.1, -0.05) is 17.7 Å². The van der Waals surface area contributed by atoms with Crippen LogP contribution < -0.4 is 4.90 Å². The number of anilines is 1. The lowest BCUT2D eigenvalue weighted by Gasteiger charge is -2.31. The molecule has 2 aromatic rings. The van der Waals surface area contributed by atoms with E-state index >= 15 is 0 Å². The first-order chi connectivity index (χ1) is 13.0. The highest BCUT2D eigenvalue weighted by molar-refractivity contribution is 5.97. The summed E-state index contributed by atoms with van der Waals surface area (Å²) in [6.07, 6.45) is 2.73. The first-order valence-corrected chi connectivity index (χ1v) is 9.57. The van der Waals surface area contributed by atoms with Gasteiger partial charge in [-0.15, -0.1) is 0 Å². The summed E-state index contributed by atoms with van der Waals surface area (Å²) in [7, 11) is 0. The quantitative estimate of drug-likeness (QED) is 0.817. The Hall–Kier alpha value is -2.47. The number of nitrogens with zero attached hydrogens (tertiary/aromatic N) is 4. The van der Waals surface area contributed by atoms with Crippen molar-refractivity contribution in [2.75, 3.05) is 37.7 Å². The standard InChI is InChI=1S/C21H26N4O2/c1-14-10-15(2)19(16(3)11-14)20(26)25-5-4-17-12-22-21(23-18(17)13-25)24-6-8-27-9-7-24/h10-12H,4-9,13H2,1-3H3. The van der Waals surface area contributed by atoms with Crippen molar-refractivity contribution in [2.45, 2.75) is 33.7 Å². The molecule has 27 heavy (non-hydrogen) atoms. The van der Waals surface area contributed by atoms with Crippen molar-refractivity contribution in [2.24, 2.45) is 0 Å². The molecule has 0 N–H and O–H groups in total. The number of fused-ring (bicyclic) bond motifs is 1. The van der Waals surface area contributed by atoms with E-state index in [2.05, 4.69) is 28.9 Å². The zero-order valence-corrected chi connectivity index (χ0v) is 16.3. The molecule has 0 spiro atoms. The molecule has 0 aliphatic carbocycles. The number of carbonyl (C=O) groups excluding carboxylic acids is 1. The Morgan fingerprint density at radius 2 is 1.78 bits per heavy atom. The van der Waals surface area contributed by atoms with Gasteiger partial charge in [0.15, 0.2) is 0 Å². The van der Waals surface area contributed by atoms with E-state index in [0.717, 1.165) is 53.4 Å². The third kappa shape index (κ3) is 3.54. The van der Waals surface area contributed by atoms with Crippen LogP contribution in [-0.2, 0) is 17.7 Å². The number of aromatic nitrogens is 2. The van der Waals surface area contributed by atoms with Crippen molar-refractivity contribution in [1.82, 2.24) is 14.9 Å². The van der Waals surface area contributed by atoms with Crippen LogP contribution in [0, 0.1) is 20.8 Å². The summed E-state index contributed by atoms with van der Waals surface area (Å²) >= 11 is 0. The Bertz CT molecular complexity index is 851. The Balaban J connectivity index is 1.58. The van der Waals surface area contributed by atoms with Crippen LogP contribution in [0.15, 0.2) is 18.3 Å². The molecule has 6 heteroatoms. The van der Waals surface area contributed by atoms with Gasteiger partial charge in [-0.2, -0.15) is 0 Å². The zero-order chi connectivity index (χ0) is 19.0. The van der Waals surface area contributed by atoms with Gasteiger partial charge in [0.25, 0.3) is 5.91 Å². The minimum absolute atomic E-state index is 0.0992. The third-order valence-electron chi connectivity index (χ3n) is 5.41. The number of rotatable bonds is 2. The summed E-state index contributed by atoms with van der Waals surface area (Å²) in [5.41, 5.74) is 6.21. The molecule has 4 rings (SSSR count). The average Bonchev–Trinajstić information content (AvgIpc) is 2.67. The smallest absolute Gasteiger partial charge is 0.254 e. The van der Waals surface area contributed by atoms with E-state index in [1.165, 1.54) is 5.56 Å². The van der Waals surface area contributed by atoms with Crippen LogP contribution in [0.2, 0.25) is 0 Å². The minimum atomic E-state index is 0.0992. The fourth-order valence-corrected chi connectivity index (χ4v) is 4.06. The number of hydrogen-bond donors (Lipinski definition) is 0. The van der Waals surface area contributed by atoms with Gasteiger partial charge in [-0.3, -0.25) is 4.79 Å². The summed E-state index contributed by atoms with van der Waals surface area (Å²) in [5.74, 6) is 0.844. The van der Waals surface area contributed by atoms with Crippen LogP contribution in [0.3, 0.4) is 0 Å². The molecule has 3 heterocycles. The SMILES string of the molecule is Cc1cc(C)c(C(=O)N2CCc3cnc(N4CCOCC4)nc3C2)c(C)c1. The zero-order valence-electron chi connectivity index (χ0n) is 16.3. The highest BCUT2D eigenvalue weighted by Gasteiger charge is 2.26. The third-order valence-corrected chi connectivity index (χ3v) is 5.41. The second kappa shape index (κ2) is 7.27. The Labute approximate surface area is 160 Å². The van der Waals surface area contributed by atoms with E-state index < -0.39 is 0 Å². The molecule has 1 saturated heterocycles. The number of amides is 1.